The molecule has 9 nitrogen and oxygen atoms in total. The van der Waals surface area contributed by atoms with Crippen LogP contribution >= 0.6 is 11.6 Å². The number of benzene rings is 2. The number of hydrogen-bond acceptors (Lipinski definition) is 6. The summed E-state index contributed by atoms with van der Waals surface area (Å²) in [7, 11) is 0. The molecule has 0 bridgehead atoms. The second-order valence-electron chi connectivity index (χ2n) is 4.79. The molecule has 10 heteroatoms. The number of nitrogens with zero attached hydrogens (tertiary/aromatic N) is 3. The number of nitrogens with one attached hydrogen (secondary N) is 1. The van der Waals surface area contributed by atoms with Gasteiger partial charge in [0.05, 0.1) is 21.2 Å². The molecule has 3 rings (SSSR count). The van der Waals surface area contributed by atoms with Crippen LogP contribution in [-0.2, 0) is 4.79 Å². The summed E-state index contributed by atoms with van der Waals surface area (Å²) < 4.78 is 0. The summed E-state index contributed by atoms with van der Waals surface area (Å²) in [6.07, 6.45) is 0. The molecule has 1 aliphatic heterocycles. The molecule has 1 amide bonds. The van der Waals surface area contributed by atoms with Crippen LogP contribution in [0.1, 0.15) is 5.56 Å². The minimum absolute atomic E-state index is 0.0594. The SMILES string of the molecule is O=C1Nc2ccc([N+](=O)[O-])cc2C1=Nc1ccc(Cl)c([N+](=O)[O-])c1. The van der Waals surface area contributed by atoms with Crippen LogP contribution in [-0.4, -0.2) is 21.5 Å². The summed E-state index contributed by atoms with van der Waals surface area (Å²) in [6.45, 7) is 0. The maximum absolute atomic E-state index is 12.0. The van der Waals surface area contributed by atoms with Gasteiger partial charge in [-0.25, -0.2) is 4.99 Å². The molecule has 0 aliphatic carbocycles. The number of rotatable bonds is 3. The van der Waals surface area contributed by atoms with E-state index in [9.17, 15) is 25.0 Å². The van der Waals surface area contributed by atoms with Crippen molar-refractivity contribution in [2.45, 2.75) is 0 Å². The number of carbonyl (C=O) groups excluding carboxylic acids is 1. The zero-order valence-electron chi connectivity index (χ0n) is 11.7. The maximum atomic E-state index is 12.0. The van der Waals surface area contributed by atoms with Crippen LogP contribution in [0.15, 0.2) is 41.4 Å². The third-order valence-electron chi connectivity index (χ3n) is 3.30. The summed E-state index contributed by atoms with van der Waals surface area (Å²) in [5.74, 6) is -0.553. The van der Waals surface area contributed by atoms with E-state index in [0.717, 1.165) is 6.07 Å². The van der Waals surface area contributed by atoms with Gasteiger partial charge >= 0.3 is 0 Å². The highest BCUT2D eigenvalue weighted by atomic mass is 35.5. The number of amides is 1. The van der Waals surface area contributed by atoms with Crippen molar-refractivity contribution < 1.29 is 14.6 Å². The van der Waals surface area contributed by atoms with Crippen LogP contribution < -0.4 is 5.32 Å². The third-order valence-corrected chi connectivity index (χ3v) is 3.62. The summed E-state index contributed by atoms with van der Waals surface area (Å²) in [5, 5.41) is 24.3. The number of aliphatic imine (C=N–C) groups is 1. The van der Waals surface area contributed by atoms with Crippen molar-refractivity contribution in [3.8, 4) is 0 Å². The Morgan fingerprint density at radius 1 is 1.04 bits per heavy atom. The van der Waals surface area contributed by atoms with Gasteiger partial charge in [0.2, 0.25) is 0 Å². The average molecular weight is 347 g/mol. The minimum Gasteiger partial charge on any atom is -0.320 e. The molecule has 0 saturated heterocycles. The quantitative estimate of drug-likeness (QED) is 0.674. The first-order valence-electron chi connectivity index (χ1n) is 6.49. The zero-order valence-corrected chi connectivity index (χ0v) is 12.5. The van der Waals surface area contributed by atoms with E-state index in [4.69, 9.17) is 11.6 Å². The molecule has 1 N–H and O–H groups in total. The number of fused-ring (bicyclic) bond motifs is 1. The van der Waals surface area contributed by atoms with E-state index in [1.54, 1.807) is 0 Å². The first-order chi connectivity index (χ1) is 11.4. The van der Waals surface area contributed by atoms with E-state index < -0.39 is 15.8 Å². The van der Waals surface area contributed by atoms with Crippen LogP contribution in [0.3, 0.4) is 0 Å². The van der Waals surface area contributed by atoms with Crippen molar-refractivity contribution in [2.24, 2.45) is 4.99 Å². The Morgan fingerprint density at radius 3 is 2.46 bits per heavy atom. The van der Waals surface area contributed by atoms with E-state index in [1.807, 2.05) is 0 Å². The number of anilines is 1. The smallest absolute Gasteiger partial charge is 0.290 e. The minimum atomic E-state index is -0.667. The standard InChI is InChI=1S/C14H7ClN4O5/c15-10-3-1-7(5-12(10)19(23)24)16-13-9-6-8(18(21)22)2-4-11(9)17-14(13)20/h1-6H,(H,16,17,20). The molecule has 2 aromatic carbocycles. The highest BCUT2D eigenvalue weighted by Gasteiger charge is 2.28. The topological polar surface area (TPSA) is 128 Å². The van der Waals surface area contributed by atoms with E-state index in [1.165, 1.54) is 30.3 Å². The third kappa shape index (κ3) is 2.68. The molecular weight excluding hydrogens is 340 g/mol. The van der Waals surface area contributed by atoms with E-state index in [-0.39, 0.29) is 33.4 Å². The second kappa shape index (κ2) is 5.70. The van der Waals surface area contributed by atoms with Crippen molar-refractivity contribution in [2.75, 3.05) is 5.32 Å². The van der Waals surface area contributed by atoms with Crippen LogP contribution in [0, 0.1) is 20.2 Å². The molecular formula is C14H7ClN4O5. The van der Waals surface area contributed by atoms with Crippen LogP contribution in [0.4, 0.5) is 22.7 Å². The Kier molecular flexibility index (Phi) is 3.70. The predicted octanol–water partition coefficient (Wildman–Crippen LogP) is 3.23. The Balaban J connectivity index is 2.11. The lowest BCUT2D eigenvalue weighted by Crippen LogP contribution is -2.13. The number of nitro groups is 2. The normalized spacial score (nSPS) is 14.4. The lowest BCUT2D eigenvalue weighted by atomic mass is 10.1. The van der Waals surface area contributed by atoms with Crippen molar-refractivity contribution in [1.29, 1.82) is 0 Å². The first-order valence-corrected chi connectivity index (χ1v) is 6.87. The lowest BCUT2D eigenvalue weighted by molar-refractivity contribution is -0.385. The van der Waals surface area contributed by atoms with Crippen LogP contribution in [0.2, 0.25) is 5.02 Å². The monoisotopic (exact) mass is 346 g/mol. The maximum Gasteiger partial charge on any atom is 0.290 e. The number of non-ortho nitro benzene ring substituents is 1. The largest absolute Gasteiger partial charge is 0.320 e. The van der Waals surface area contributed by atoms with Gasteiger partial charge in [-0.05, 0) is 18.2 Å². The fraction of sp³-hybridized carbons (Fsp3) is 0. The Hall–Kier alpha value is -3.33. The predicted molar refractivity (Wildman–Crippen MR) is 86.0 cm³/mol. The zero-order chi connectivity index (χ0) is 17.4. The van der Waals surface area contributed by atoms with Crippen molar-refractivity contribution in [3.63, 3.8) is 0 Å². The Bertz CT molecular complexity index is 941. The van der Waals surface area contributed by atoms with Gasteiger partial charge in [-0.3, -0.25) is 25.0 Å². The summed E-state index contributed by atoms with van der Waals surface area (Å²) in [4.78, 5) is 36.6. The van der Waals surface area contributed by atoms with E-state index in [2.05, 4.69) is 10.3 Å². The van der Waals surface area contributed by atoms with Gasteiger partial charge in [-0.2, -0.15) is 0 Å². The molecule has 0 atom stereocenters. The molecule has 0 spiro atoms. The highest BCUT2D eigenvalue weighted by molar-refractivity contribution is 6.54. The molecule has 2 aromatic rings. The van der Waals surface area contributed by atoms with Crippen molar-refractivity contribution >= 4 is 46.0 Å². The molecule has 0 unspecified atom stereocenters. The molecule has 0 radical (unpaired) electrons. The van der Waals surface area contributed by atoms with Gasteiger partial charge in [0.25, 0.3) is 17.3 Å². The number of nitro benzene ring substituents is 2. The fourth-order valence-corrected chi connectivity index (χ4v) is 2.39. The second-order valence-corrected chi connectivity index (χ2v) is 5.20. The number of hydrogen-bond donors (Lipinski definition) is 1. The van der Waals surface area contributed by atoms with Crippen LogP contribution in [0.25, 0.3) is 0 Å². The van der Waals surface area contributed by atoms with Gasteiger partial charge in [-0.1, -0.05) is 11.6 Å². The van der Waals surface area contributed by atoms with E-state index in [0.29, 0.717) is 5.69 Å². The Labute approximate surface area is 138 Å². The summed E-state index contributed by atoms with van der Waals surface area (Å²) in [5.41, 5.74) is 0.164. The van der Waals surface area contributed by atoms with E-state index >= 15 is 0 Å². The van der Waals surface area contributed by atoms with Crippen LogP contribution in [0.5, 0.6) is 0 Å². The molecule has 1 aliphatic rings. The fourth-order valence-electron chi connectivity index (χ4n) is 2.21. The molecule has 1 heterocycles. The number of carbonyl (C=O) groups is 1. The van der Waals surface area contributed by atoms with Gasteiger partial charge in [0, 0.05) is 23.8 Å². The van der Waals surface area contributed by atoms with Crippen molar-refractivity contribution in [3.05, 3.63) is 67.2 Å². The number of halogens is 1. The molecule has 0 aromatic heterocycles. The first kappa shape index (κ1) is 15.6. The Morgan fingerprint density at radius 2 is 1.79 bits per heavy atom. The molecule has 120 valence electrons. The van der Waals surface area contributed by atoms with Gasteiger partial charge < -0.3 is 5.32 Å². The summed E-state index contributed by atoms with van der Waals surface area (Å²) in [6, 6.07) is 7.70. The average Bonchev–Trinajstić information content (AvgIpc) is 2.84. The summed E-state index contributed by atoms with van der Waals surface area (Å²) >= 11 is 5.73. The van der Waals surface area contributed by atoms with Gasteiger partial charge in [0.1, 0.15) is 10.7 Å². The highest BCUT2D eigenvalue weighted by Crippen LogP contribution is 2.32. The lowest BCUT2D eigenvalue weighted by Gasteiger charge is -2.00. The molecule has 24 heavy (non-hydrogen) atoms. The van der Waals surface area contributed by atoms with Crippen molar-refractivity contribution in [1.82, 2.24) is 0 Å². The van der Waals surface area contributed by atoms with Gasteiger partial charge in [0.15, 0.2) is 0 Å². The molecule has 0 fully saturated rings. The van der Waals surface area contributed by atoms with Gasteiger partial charge in [-0.15, -0.1) is 0 Å². The molecule has 0 saturated carbocycles.